The molecule has 0 aliphatic carbocycles. The standard InChI is InChI=1S/C27H32FN9O2/c1-19-11-15-35(16-12-19)23-10-5-20(17-24(23)37(38)39)18-29-34-26-31-25(30-22-8-6-21(28)7-9-22)32-27(33-26)36-13-3-2-4-14-36/h5-10,17-19H,2-4,11-16H2,1H3,(H2,30,31,32,33,34). The van der Waals surface area contributed by atoms with E-state index in [4.69, 9.17) is 0 Å². The molecule has 3 aromatic rings. The molecule has 2 saturated heterocycles. The lowest BCUT2D eigenvalue weighted by Crippen LogP contribution is -2.33. The molecule has 204 valence electrons. The van der Waals surface area contributed by atoms with Gasteiger partial charge in [0.1, 0.15) is 11.5 Å². The van der Waals surface area contributed by atoms with E-state index < -0.39 is 0 Å². The number of aromatic nitrogens is 3. The van der Waals surface area contributed by atoms with Gasteiger partial charge in [0.2, 0.25) is 17.8 Å². The van der Waals surface area contributed by atoms with Crippen LogP contribution in [0.3, 0.4) is 0 Å². The van der Waals surface area contributed by atoms with E-state index >= 15 is 0 Å². The van der Waals surface area contributed by atoms with Crippen molar-refractivity contribution in [1.29, 1.82) is 0 Å². The Morgan fingerprint density at radius 2 is 1.69 bits per heavy atom. The maximum atomic E-state index is 13.3. The van der Waals surface area contributed by atoms with Crippen molar-refractivity contribution in [3.8, 4) is 0 Å². The number of hydrazone groups is 1. The molecule has 2 N–H and O–H groups in total. The molecule has 0 radical (unpaired) electrons. The van der Waals surface area contributed by atoms with Crippen molar-refractivity contribution in [3.05, 3.63) is 64.0 Å². The van der Waals surface area contributed by atoms with Gasteiger partial charge < -0.3 is 15.1 Å². The lowest BCUT2D eigenvalue weighted by molar-refractivity contribution is -0.384. The number of benzene rings is 2. The fourth-order valence-electron chi connectivity index (χ4n) is 4.82. The van der Waals surface area contributed by atoms with E-state index in [2.05, 4.69) is 47.5 Å². The first-order valence-corrected chi connectivity index (χ1v) is 13.3. The summed E-state index contributed by atoms with van der Waals surface area (Å²) in [6.45, 7) is 5.51. The van der Waals surface area contributed by atoms with Gasteiger partial charge >= 0.3 is 0 Å². The van der Waals surface area contributed by atoms with Gasteiger partial charge in [0.25, 0.3) is 5.69 Å². The second-order valence-electron chi connectivity index (χ2n) is 10.0. The van der Waals surface area contributed by atoms with Crippen LogP contribution in [-0.4, -0.2) is 52.3 Å². The Morgan fingerprint density at radius 3 is 2.41 bits per heavy atom. The molecule has 0 atom stereocenters. The van der Waals surface area contributed by atoms with E-state index in [9.17, 15) is 14.5 Å². The molecule has 0 amide bonds. The van der Waals surface area contributed by atoms with E-state index in [-0.39, 0.29) is 22.4 Å². The third kappa shape index (κ3) is 6.75. The average Bonchev–Trinajstić information content (AvgIpc) is 2.95. The molecule has 2 aliphatic rings. The largest absolute Gasteiger partial charge is 0.366 e. The molecule has 39 heavy (non-hydrogen) atoms. The smallest absolute Gasteiger partial charge is 0.293 e. The molecule has 12 heteroatoms. The van der Waals surface area contributed by atoms with Crippen LogP contribution >= 0.6 is 0 Å². The minimum Gasteiger partial charge on any atom is -0.366 e. The normalized spacial score (nSPS) is 16.5. The highest BCUT2D eigenvalue weighted by atomic mass is 19.1. The predicted octanol–water partition coefficient (Wildman–Crippen LogP) is 5.34. The van der Waals surface area contributed by atoms with E-state index in [1.54, 1.807) is 18.2 Å². The van der Waals surface area contributed by atoms with Gasteiger partial charge in [-0.05, 0) is 68.4 Å². The lowest BCUT2D eigenvalue weighted by atomic mass is 9.98. The molecule has 0 spiro atoms. The highest BCUT2D eigenvalue weighted by Crippen LogP contribution is 2.32. The number of hydrogen-bond donors (Lipinski definition) is 2. The molecule has 2 aliphatic heterocycles. The summed E-state index contributed by atoms with van der Waals surface area (Å²) in [5, 5.41) is 19.2. The van der Waals surface area contributed by atoms with Crippen molar-refractivity contribution in [2.45, 2.75) is 39.0 Å². The van der Waals surface area contributed by atoms with Crippen molar-refractivity contribution in [2.24, 2.45) is 11.0 Å². The molecule has 2 fully saturated rings. The first-order chi connectivity index (χ1) is 18.9. The van der Waals surface area contributed by atoms with Gasteiger partial charge in [0.15, 0.2) is 0 Å². The van der Waals surface area contributed by atoms with E-state index in [0.717, 1.165) is 51.9 Å². The second kappa shape index (κ2) is 12.0. The summed E-state index contributed by atoms with van der Waals surface area (Å²) in [7, 11) is 0. The van der Waals surface area contributed by atoms with E-state index in [1.165, 1.54) is 30.8 Å². The number of rotatable bonds is 8. The molecule has 0 saturated carbocycles. The summed E-state index contributed by atoms with van der Waals surface area (Å²) >= 11 is 0. The molecule has 0 unspecified atom stereocenters. The topological polar surface area (TPSA) is 125 Å². The Kier molecular flexibility index (Phi) is 8.09. The third-order valence-electron chi connectivity index (χ3n) is 7.06. The number of piperidine rings is 2. The Bertz CT molecular complexity index is 1320. The van der Waals surface area contributed by atoms with Crippen LogP contribution in [0.1, 0.15) is 44.6 Å². The molecule has 1 aromatic heterocycles. The minimum atomic E-state index is -0.345. The van der Waals surface area contributed by atoms with Gasteiger partial charge in [-0.2, -0.15) is 20.1 Å². The number of hydrogen-bond acceptors (Lipinski definition) is 10. The minimum absolute atomic E-state index is 0.0619. The van der Waals surface area contributed by atoms with Gasteiger partial charge in [-0.25, -0.2) is 9.82 Å². The van der Waals surface area contributed by atoms with Crippen LogP contribution in [0, 0.1) is 21.8 Å². The summed E-state index contributed by atoms with van der Waals surface area (Å²) in [5.74, 6) is 1.34. The second-order valence-corrected chi connectivity index (χ2v) is 10.0. The molecule has 2 aromatic carbocycles. The summed E-state index contributed by atoms with van der Waals surface area (Å²) in [6.07, 6.45) is 6.82. The summed E-state index contributed by atoms with van der Waals surface area (Å²) < 4.78 is 13.3. The highest BCUT2D eigenvalue weighted by molar-refractivity contribution is 5.83. The quantitative estimate of drug-likeness (QED) is 0.224. The van der Waals surface area contributed by atoms with Crippen LogP contribution in [0.2, 0.25) is 0 Å². The summed E-state index contributed by atoms with van der Waals surface area (Å²) in [4.78, 5) is 29.2. The van der Waals surface area contributed by atoms with E-state index in [0.29, 0.717) is 34.8 Å². The van der Waals surface area contributed by atoms with Gasteiger partial charge in [-0.15, -0.1) is 0 Å². The van der Waals surface area contributed by atoms with Crippen LogP contribution in [0.15, 0.2) is 47.6 Å². The van der Waals surface area contributed by atoms with E-state index in [1.807, 2.05) is 6.07 Å². The molecule has 11 nitrogen and oxygen atoms in total. The maximum absolute atomic E-state index is 13.3. The van der Waals surface area contributed by atoms with Crippen LogP contribution in [0.25, 0.3) is 0 Å². The number of nitrogens with one attached hydrogen (secondary N) is 2. The Morgan fingerprint density at radius 1 is 0.974 bits per heavy atom. The third-order valence-corrected chi connectivity index (χ3v) is 7.06. The number of halogens is 1. The molecule has 0 bridgehead atoms. The Hall–Kier alpha value is -4.35. The van der Waals surface area contributed by atoms with Crippen molar-refractivity contribution in [1.82, 2.24) is 15.0 Å². The zero-order valence-electron chi connectivity index (χ0n) is 21.9. The van der Waals surface area contributed by atoms with Gasteiger partial charge in [0.05, 0.1) is 11.1 Å². The van der Waals surface area contributed by atoms with Crippen LogP contribution in [0.4, 0.5) is 39.3 Å². The van der Waals surface area contributed by atoms with Crippen molar-refractivity contribution < 1.29 is 9.31 Å². The summed E-state index contributed by atoms with van der Waals surface area (Å²) in [6, 6.07) is 11.1. The number of anilines is 5. The molecule has 3 heterocycles. The predicted molar refractivity (Wildman–Crippen MR) is 150 cm³/mol. The highest BCUT2D eigenvalue weighted by Gasteiger charge is 2.23. The van der Waals surface area contributed by atoms with Crippen LogP contribution in [-0.2, 0) is 0 Å². The summed E-state index contributed by atoms with van der Waals surface area (Å²) in [5.41, 5.74) is 4.76. The fraction of sp³-hybridized carbons (Fsp3) is 0.407. The van der Waals surface area contributed by atoms with Gasteiger partial charge in [0, 0.05) is 43.5 Å². The SMILES string of the molecule is CC1CCN(c2ccc(C=NNc3nc(Nc4ccc(F)cc4)nc(N4CCCCC4)n3)cc2[N+](=O)[O-])CC1. The van der Waals surface area contributed by atoms with Crippen molar-refractivity contribution in [3.63, 3.8) is 0 Å². The van der Waals surface area contributed by atoms with Gasteiger partial charge in [-0.3, -0.25) is 10.1 Å². The monoisotopic (exact) mass is 533 g/mol. The van der Waals surface area contributed by atoms with Crippen molar-refractivity contribution >= 4 is 41.1 Å². The van der Waals surface area contributed by atoms with Crippen molar-refractivity contribution in [2.75, 3.05) is 46.7 Å². The van der Waals surface area contributed by atoms with Crippen LogP contribution in [0.5, 0.6) is 0 Å². The zero-order valence-corrected chi connectivity index (χ0v) is 21.9. The molecule has 5 rings (SSSR count). The first-order valence-electron chi connectivity index (χ1n) is 13.3. The fourth-order valence-corrected chi connectivity index (χ4v) is 4.82. The Balaban J connectivity index is 1.34. The average molecular weight is 534 g/mol. The molecular weight excluding hydrogens is 501 g/mol. The van der Waals surface area contributed by atoms with Crippen LogP contribution < -0.4 is 20.5 Å². The Labute approximate surface area is 226 Å². The zero-order chi connectivity index (χ0) is 27.2. The number of nitrogens with zero attached hydrogens (tertiary/aromatic N) is 7. The molecular formula is C27H32FN9O2. The first kappa shape index (κ1) is 26.3. The number of nitro benzene ring substituents is 1. The number of nitro groups is 1. The lowest BCUT2D eigenvalue weighted by Gasteiger charge is -2.31. The maximum Gasteiger partial charge on any atom is 0.293 e. The van der Waals surface area contributed by atoms with Gasteiger partial charge in [-0.1, -0.05) is 13.0 Å².